The molecule has 2 fully saturated rings. The van der Waals surface area contributed by atoms with Gasteiger partial charge in [-0.15, -0.1) is 9.24 Å². The van der Waals surface area contributed by atoms with E-state index in [0.29, 0.717) is 11.8 Å². The maximum Gasteiger partial charge on any atom is 0.220 e. The van der Waals surface area contributed by atoms with Crippen LogP contribution >= 0.6 is 9.24 Å². The highest BCUT2D eigenvalue weighted by Gasteiger charge is 2.53. The Balaban J connectivity index is 0.000000442. The molecule has 4 heteroatoms. The van der Waals surface area contributed by atoms with Gasteiger partial charge in [-0.1, -0.05) is 20.5 Å². The quantitative estimate of drug-likeness (QED) is 0.507. The van der Waals surface area contributed by atoms with Crippen molar-refractivity contribution in [2.45, 2.75) is 33.2 Å². The van der Waals surface area contributed by atoms with Crippen molar-refractivity contribution in [3.8, 4) is 0 Å². The molecule has 4 atom stereocenters. The zero-order valence-corrected chi connectivity index (χ0v) is 11.2. The molecule has 1 aliphatic carbocycles. The van der Waals surface area contributed by atoms with Crippen LogP contribution in [-0.2, 0) is 9.59 Å². The lowest BCUT2D eigenvalue weighted by Crippen LogP contribution is -2.37. The minimum atomic E-state index is -0.0995. The number of likely N-dealkylation sites (tertiary alicyclic amines) is 1. The van der Waals surface area contributed by atoms with Crippen molar-refractivity contribution in [1.29, 1.82) is 0 Å². The van der Waals surface area contributed by atoms with Gasteiger partial charge in [0.1, 0.15) is 6.29 Å². The Morgan fingerprint density at radius 2 is 1.93 bits per heavy atom. The number of carbonyl (C=O) groups is 2. The van der Waals surface area contributed by atoms with Crippen LogP contribution < -0.4 is 0 Å². The summed E-state index contributed by atoms with van der Waals surface area (Å²) in [5.41, 5.74) is 0. The molecule has 2 rings (SSSR count). The van der Waals surface area contributed by atoms with E-state index in [4.69, 9.17) is 0 Å². The molecule has 15 heavy (non-hydrogen) atoms. The number of piperidine rings is 1. The second-order valence-electron chi connectivity index (χ2n) is 3.46. The summed E-state index contributed by atoms with van der Waals surface area (Å²) in [6.07, 6.45) is 2.06. The summed E-state index contributed by atoms with van der Waals surface area (Å²) in [6.45, 7) is 8.25. The number of rotatable bonds is 1. The zero-order chi connectivity index (χ0) is 12.0. The maximum atomic E-state index is 10.9. The second kappa shape index (κ2) is 6.95. The minimum Gasteiger partial charge on any atom is -0.333 e. The van der Waals surface area contributed by atoms with Crippen molar-refractivity contribution >= 4 is 21.4 Å². The first-order chi connectivity index (χ1) is 7.24. The van der Waals surface area contributed by atoms with E-state index in [0.717, 1.165) is 19.3 Å². The third-order valence-corrected chi connectivity index (χ3v) is 2.75. The summed E-state index contributed by atoms with van der Waals surface area (Å²) in [5, 5.41) is 0. The van der Waals surface area contributed by atoms with Gasteiger partial charge < -0.3 is 9.69 Å². The molecule has 1 heterocycles. The number of hydrogen-bond acceptors (Lipinski definition) is 2. The number of hydrogen-bond donors (Lipinski definition) is 0. The Kier molecular flexibility index (Phi) is 6.75. The van der Waals surface area contributed by atoms with Crippen molar-refractivity contribution < 1.29 is 9.59 Å². The summed E-state index contributed by atoms with van der Waals surface area (Å²) in [5.74, 6) is 1.17. The Labute approximate surface area is 94.8 Å². The average Bonchev–Trinajstić information content (AvgIpc) is 2.96. The third kappa shape index (κ3) is 3.27. The molecular formula is C11H22NO2P. The van der Waals surface area contributed by atoms with Crippen molar-refractivity contribution in [3.05, 3.63) is 0 Å². The van der Waals surface area contributed by atoms with Gasteiger partial charge in [-0.25, -0.2) is 0 Å². The number of fused-ring (bicyclic) bond motifs is 1. The van der Waals surface area contributed by atoms with Gasteiger partial charge in [0.05, 0.1) is 6.04 Å². The van der Waals surface area contributed by atoms with E-state index in [9.17, 15) is 9.59 Å². The molecule has 4 unspecified atom stereocenters. The minimum absolute atomic E-state index is 0.0364. The molecule has 1 amide bonds. The Hall–Kier alpha value is -0.430. The topological polar surface area (TPSA) is 37.4 Å². The van der Waals surface area contributed by atoms with Crippen LogP contribution in [0.4, 0.5) is 0 Å². The molecule has 0 aromatic rings. The fourth-order valence-corrected chi connectivity index (χ4v) is 2.02. The van der Waals surface area contributed by atoms with Crippen molar-refractivity contribution in [1.82, 2.24) is 4.90 Å². The highest BCUT2D eigenvalue weighted by atomic mass is 31.0. The molecule has 2 aliphatic rings. The molecule has 1 saturated carbocycles. The first kappa shape index (κ1) is 14.6. The molecule has 0 bridgehead atoms. The lowest BCUT2D eigenvalue weighted by molar-refractivity contribution is -0.133. The van der Waals surface area contributed by atoms with Crippen LogP contribution in [0.25, 0.3) is 0 Å². The number of aldehydes is 1. The number of nitrogens with zero attached hydrogens (tertiary/aromatic N) is 1. The van der Waals surface area contributed by atoms with Crippen LogP contribution in [0.2, 0.25) is 0 Å². The molecule has 0 spiro atoms. The van der Waals surface area contributed by atoms with Gasteiger partial charge in [-0.2, -0.15) is 0 Å². The van der Waals surface area contributed by atoms with Crippen molar-refractivity contribution in [2.24, 2.45) is 11.8 Å². The van der Waals surface area contributed by atoms with Crippen LogP contribution in [0.1, 0.15) is 27.2 Å². The highest BCUT2D eigenvalue weighted by Crippen LogP contribution is 2.48. The molecule has 0 aromatic heterocycles. The zero-order valence-electron chi connectivity index (χ0n) is 10.1. The summed E-state index contributed by atoms with van der Waals surface area (Å²) < 4.78 is 0. The first-order valence-electron chi connectivity index (χ1n) is 5.54. The van der Waals surface area contributed by atoms with E-state index in [1.807, 2.05) is 20.5 Å². The second-order valence-corrected chi connectivity index (χ2v) is 3.46. The van der Waals surface area contributed by atoms with Crippen LogP contribution in [0.5, 0.6) is 0 Å². The van der Waals surface area contributed by atoms with Crippen LogP contribution in [0, 0.1) is 11.8 Å². The van der Waals surface area contributed by atoms with Crippen molar-refractivity contribution in [2.75, 3.05) is 13.2 Å². The van der Waals surface area contributed by atoms with Crippen LogP contribution in [0.3, 0.4) is 0 Å². The summed E-state index contributed by atoms with van der Waals surface area (Å²) in [6, 6.07) is -0.0995. The molecule has 3 nitrogen and oxygen atoms in total. The van der Waals surface area contributed by atoms with E-state index in [1.54, 1.807) is 4.90 Å². The fourth-order valence-electron chi connectivity index (χ4n) is 2.02. The molecule has 88 valence electrons. The standard InChI is InChI=1S/C8H11NO2.C2H6.CH5P/c1-5(11)9-3-6-2-7(6)8(9)4-10;2*1-2/h4,6-8H,2-3H2,1H3;1-2H3;2H2,1H3. The molecular weight excluding hydrogens is 209 g/mol. The first-order valence-corrected chi connectivity index (χ1v) is 6.69. The Bertz CT molecular complexity index is 221. The normalized spacial score (nSPS) is 30.2. The van der Waals surface area contributed by atoms with E-state index >= 15 is 0 Å². The fraction of sp³-hybridized carbons (Fsp3) is 0.818. The lowest BCUT2D eigenvalue weighted by atomic mass is 10.2. The third-order valence-electron chi connectivity index (χ3n) is 2.75. The Morgan fingerprint density at radius 3 is 2.27 bits per heavy atom. The molecule has 1 saturated heterocycles. The SMILES string of the molecule is CC.CC(=O)N1CC2CC2C1C=O.CP. The van der Waals surface area contributed by atoms with Gasteiger partial charge in [-0.05, 0) is 18.3 Å². The summed E-state index contributed by atoms with van der Waals surface area (Å²) in [4.78, 5) is 23.2. The summed E-state index contributed by atoms with van der Waals surface area (Å²) in [7, 11) is 2.42. The molecule has 0 aromatic carbocycles. The van der Waals surface area contributed by atoms with Crippen LogP contribution in [0.15, 0.2) is 0 Å². The predicted molar refractivity (Wildman–Crippen MR) is 65.8 cm³/mol. The van der Waals surface area contributed by atoms with Gasteiger partial charge in [-0.3, -0.25) is 4.79 Å². The summed E-state index contributed by atoms with van der Waals surface area (Å²) >= 11 is 0. The maximum absolute atomic E-state index is 10.9. The molecule has 1 aliphatic heterocycles. The number of amides is 1. The van der Waals surface area contributed by atoms with Gasteiger partial charge in [0.15, 0.2) is 0 Å². The lowest BCUT2D eigenvalue weighted by Gasteiger charge is -2.21. The monoisotopic (exact) mass is 231 g/mol. The van der Waals surface area contributed by atoms with E-state index in [-0.39, 0.29) is 11.9 Å². The van der Waals surface area contributed by atoms with Crippen molar-refractivity contribution in [3.63, 3.8) is 0 Å². The highest BCUT2D eigenvalue weighted by molar-refractivity contribution is 7.15. The van der Waals surface area contributed by atoms with E-state index in [2.05, 4.69) is 9.24 Å². The van der Waals surface area contributed by atoms with E-state index < -0.39 is 0 Å². The molecule has 0 radical (unpaired) electrons. The molecule has 0 N–H and O–H groups in total. The predicted octanol–water partition coefficient (Wildman–Crippen LogP) is 1.57. The average molecular weight is 231 g/mol. The van der Waals surface area contributed by atoms with Gasteiger partial charge in [0.25, 0.3) is 0 Å². The van der Waals surface area contributed by atoms with Gasteiger partial charge >= 0.3 is 0 Å². The van der Waals surface area contributed by atoms with E-state index in [1.165, 1.54) is 6.92 Å². The van der Waals surface area contributed by atoms with Gasteiger partial charge in [0, 0.05) is 13.5 Å². The van der Waals surface area contributed by atoms with Crippen LogP contribution in [-0.4, -0.2) is 36.3 Å². The Morgan fingerprint density at radius 1 is 1.40 bits per heavy atom. The smallest absolute Gasteiger partial charge is 0.220 e. The largest absolute Gasteiger partial charge is 0.333 e. The van der Waals surface area contributed by atoms with Gasteiger partial charge in [0.2, 0.25) is 5.91 Å². The number of carbonyl (C=O) groups excluding carboxylic acids is 2.